The normalized spacial score (nSPS) is 9.44. The SMILES string of the molecule is Cc1c[nH]c(=O)nc1N.Cn1ccc(N)nc1=O. The van der Waals surface area contributed by atoms with Crippen molar-refractivity contribution in [2.45, 2.75) is 6.92 Å². The lowest BCUT2D eigenvalue weighted by atomic mass is 10.4. The minimum atomic E-state index is -0.405. The maximum absolute atomic E-state index is 10.6. The summed E-state index contributed by atoms with van der Waals surface area (Å²) in [5.41, 5.74) is 10.6. The molecule has 2 aromatic rings. The van der Waals surface area contributed by atoms with Gasteiger partial charge in [-0.05, 0) is 13.0 Å². The Labute approximate surface area is 102 Å². The molecule has 18 heavy (non-hydrogen) atoms. The van der Waals surface area contributed by atoms with E-state index < -0.39 is 5.69 Å². The largest absolute Gasteiger partial charge is 0.383 e. The molecule has 0 bridgehead atoms. The Bertz CT molecular complexity index is 645. The van der Waals surface area contributed by atoms with Crippen molar-refractivity contribution in [1.29, 1.82) is 0 Å². The summed E-state index contributed by atoms with van der Waals surface area (Å²) in [6, 6.07) is 1.57. The first-order valence-electron chi connectivity index (χ1n) is 5.01. The molecule has 8 nitrogen and oxygen atoms in total. The maximum atomic E-state index is 10.6. The van der Waals surface area contributed by atoms with Crippen LogP contribution in [0.2, 0.25) is 0 Å². The van der Waals surface area contributed by atoms with Gasteiger partial charge in [0.1, 0.15) is 11.6 Å². The third-order valence-electron chi connectivity index (χ3n) is 2.03. The van der Waals surface area contributed by atoms with Crippen molar-refractivity contribution in [2.75, 3.05) is 11.5 Å². The molecule has 2 heterocycles. The number of hydrogen-bond acceptors (Lipinski definition) is 6. The van der Waals surface area contributed by atoms with Crippen LogP contribution in [0, 0.1) is 6.92 Å². The summed E-state index contributed by atoms with van der Waals surface area (Å²) in [6.45, 7) is 1.78. The van der Waals surface area contributed by atoms with E-state index >= 15 is 0 Å². The summed E-state index contributed by atoms with van der Waals surface area (Å²) in [7, 11) is 1.62. The van der Waals surface area contributed by atoms with Crippen LogP contribution in [0.15, 0.2) is 28.0 Å². The number of nitrogens with two attached hydrogens (primary N) is 2. The lowest BCUT2D eigenvalue weighted by Gasteiger charge is -1.92. The molecule has 2 rings (SSSR count). The zero-order chi connectivity index (χ0) is 13.7. The fraction of sp³-hybridized carbons (Fsp3) is 0.200. The molecule has 0 fully saturated rings. The molecule has 96 valence electrons. The van der Waals surface area contributed by atoms with E-state index in [1.807, 2.05) is 0 Å². The highest BCUT2D eigenvalue weighted by Gasteiger charge is 1.91. The minimum absolute atomic E-state index is 0.262. The van der Waals surface area contributed by atoms with Gasteiger partial charge in [-0.25, -0.2) is 9.59 Å². The Morgan fingerprint density at radius 2 is 1.94 bits per heavy atom. The second kappa shape index (κ2) is 5.62. The molecule has 8 heteroatoms. The zero-order valence-electron chi connectivity index (χ0n) is 10.0. The first-order valence-corrected chi connectivity index (χ1v) is 5.01. The maximum Gasteiger partial charge on any atom is 0.349 e. The fourth-order valence-electron chi connectivity index (χ4n) is 0.952. The minimum Gasteiger partial charge on any atom is -0.383 e. The highest BCUT2D eigenvalue weighted by atomic mass is 16.1. The Kier molecular flexibility index (Phi) is 4.19. The predicted molar refractivity (Wildman–Crippen MR) is 67.9 cm³/mol. The molecule has 0 spiro atoms. The summed E-state index contributed by atoms with van der Waals surface area (Å²) in [4.78, 5) is 30.3. The van der Waals surface area contributed by atoms with Crippen LogP contribution in [0.1, 0.15) is 5.56 Å². The average Bonchev–Trinajstić information content (AvgIpc) is 2.30. The molecule has 0 aliphatic rings. The number of H-pyrrole nitrogens is 1. The first kappa shape index (κ1) is 13.4. The Balaban J connectivity index is 0.000000180. The molecule has 0 aromatic carbocycles. The lowest BCUT2D eigenvalue weighted by molar-refractivity contribution is 0.814. The van der Waals surface area contributed by atoms with Gasteiger partial charge >= 0.3 is 11.4 Å². The highest BCUT2D eigenvalue weighted by Crippen LogP contribution is 1.97. The number of rotatable bonds is 0. The van der Waals surface area contributed by atoms with E-state index in [-0.39, 0.29) is 11.5 Å². The quantitative estimate of drug-likeness (QED) is 0.550. The van der Waals surface area contributed by atoms with Gasteiger partial charge in [0, 0.05) is 25.0 Å². The Hall–Kier alpha value is -2.64. The van der Waals surface area contributed by atoms with Gasteiger partial charge in [-0.2, -0.15) is 9.97 Å². The zero-order valence-corrected chi connectivity index (χ0v) is 10.0. The predicted octanol–water partition coefficient (Wildman–Crippen LogP) is -0.977. The van der Waals surface area contributed by atoms with Gasteiger partial charge in [-0.15, -0.1) is 0 Å². The van der Waals surface area contributed by atoms with E-state index in [1.54, 1.807) is 26.2 Å². The smallest absolute Gasteiger partial charge is 0.349 e. The standard InChI is InChI=1S/2C5H7N3O/c1-8-3-2-4(6)7-5(8)9;1-3-2-7-5(9)8-4(3)6/h2-3H,1H3,(H2,6,7,9);2H,1H3,(H3,6,7,8,9). The van der Waals surface area contributed by atoms with Crippen LogP contribution >= 0.6 is 0 Å². The van der Waals surface area contributed by atoms with Gasteiger partial charge in [-0.3, -0.25) is 0 Å². The number of nitrogen functional groups attached to an aromatic ring is 2. The second-order valence-electron chi connectivity index (χ2n) is 3.52. The molecule has 0 amide bonds. The molecular formula is C10H14N6O2. The molecule has 0 saturated carbocycles. The Morgan fingerprint density at radius 1 is 1.28 bits per heavy atom. The number of aromatic nitrogens is 4. The molecule has 0 aliphatic carbocycles. The summed E-state index contributed by atoms with van der Waals surface area (Å²) in [6.07, 6.45) is 3.11. The van der Waals surface area contributed by atoms with Crippen molar-refractivity contribution in [1.82, 2.24) is 19.5 Å². The lowest BCUT2D eigenvalue weighted by Crippen LogP contribution is -2.19. The number of nitrogens with zero attached hydrogens (tertiary/aromatic N) is 3. The van der Waals surface area contributed by atoms with Gasteiger partial charge < -0.3 is 21.0 Å². The molecule has 0 radical (unpaired) electrons. The molecule has 0 unspecified atom stereocenters. The van der Waals surface area contributed by atoms with E-state index in [0.29, 0.717) is 5.82 Å². The summed E-state index contributed by atoms with van der Waals surface area (Å²) < 4.78 is 1.36. The van der Waals surface area contributed by atoms with Crippen molar-refractivity contribution in [2.24, 2.45) is 7.05 Å². The molecule has 2 aromatic heterocycles. The van der Waals surface area contributed by atoms with Crippen molar-refractivity contribution in [3.63, 3.8) is 0 Å². The fourth-order valence-corrected chi connectivity index (χ4v) is 0.952. The average molecular weight is 250 g/mol. The van der Waals surface area contributed by atoms with E-state index in [2.05, 4.69) is 15.0 Å². The van der Waals surface area contributed by atoms with Crippen LogP contribution in [-0.4, -0.2) is 19.5 Å². The number of aromatic amines is 1. The molecule has 0 saturated heterocycles. The number of anilines is 2. The van der Waals surface area contributed by atoms with Crippen LogP contribution in [0.4, 0.5) is 11.6 Å². The van der Waals surface area contributed by atoms with E-state index in [1.165, 1.54) is 10.8 Å². The van der Waals surface area contributed by atoms with Gasteiger partial charge in [-0.1, -0.05) is 0 Å². The molecule has 0 atom stereocenters. The van der Waals surface area contributed by atoms with Crippen LogP contribution < -0.4 is 22.8 Å². The van der Waals surface area contributed by atoms with Crippen molar-refractivity contribution >= 4 is 11.6 Å². The van der Waals surface area contributed by atoms with Crippen LogP contribution in [0.25, 0.3) is 0 Å². The second-order valence-corrected chi connectivity index (χ2v) is 3.52. The molecular weight excluding hydrogens is 236 g/mol. The molecule has 5 N–H and O–H groups in total. The van der Waals surface area contributed by atoms with Gasteiger partial charge in [0.25, 0.3) is 0 Å². The summed E-state index contributed by atoms with van der Waals surface area (Å²) in [5.74, 6) is 0.553. The van der Waals surface area contributed by atoms with Crippen LogP contribution in [0.5, 0.6) is 0 Å². The van der Waals surface area contributed by atoms with Crippen molar-refractivity contribution in [3.05, 3.63) is 45.0 Å². The van der Waals surface area contributed by atoms with Gasteiger partial charge in [0.15, 0.2) is 0 Å². The van der Waals surface area contributed by atoms with E-state index in [4.69, 9.17) is 11.5 Å². The summed E-state index contributed by atoms with van der Waals surface area (Å²) >= 11 is 0. The topological polar surface area (TPSA) is 133 Å². The number of aryl methyl sites for hydroxylation is 2. The highest BCUT2D eigenvalue weighted by molar-refractivity contribution is 5.34. The van der Waals surface area contributed by atoms with E-state index in [0.717, 1.165) is 5.56 Å². The number of nitrogens with one attached hydrogen (secondary N) is 1. The van der Waals surface area contributed by atoms with Gasteiger partial charge in [0.2, 0.25) is 0 Å². The Morgan fingerprint density at radius 3 is 2.39 bits per heavy atom. The van der Waals surface area contributed by atoms with Crippen molar-refractivity contribution in [3.8, 4) is 0 Å². The number of hydrogen-bond donors (Lipinski definition) is 3. The van der Waals surface area contributed by atoms with Crippen LogP contribution in [-0.2, 0) is 7.05 Å². The van der Waals surface area contributed by atoms with Crippen LogP contribution in [0.3, 0.4) is 0 Å². The third-order valence-corrected chi connectivity index (χ3v) is 2.03. The first-order chi connectivity index (χ1) is 8.40. The third kappa shape index (κ3) is 3.74. The van der Waals surface area contributed by atoms with Gasteiger partial charge in [0.05, 0.1) is 0 Å². The van der Waals surface area contributed by atoms with Crippen molar-refractivity contribution < 1.29 is 0 Å². The summed E-state index contributed by atoms with van der Waals surface area (Å²) in [5, 5.41) is 0. The van der Waals surface area contributed by atoms with E-state index in [9.17, 15) is 9.59 Å². The molecule has 0 aliphatic heterocycles. The monoisotopic (exact) mass is 250 g/mol.